The van der Waals surface area contributed by atoms with Crippen molar-refractivity contribution in [3.05, 3.63) is 12.2 Å². The highest BCUT2D eigenvalue weighted by atomic mass is 16.3. The van der Waals surface area contributed by atoms with Gasteiger partial charge in [0, 0.05) is 13.0 Å². The first-order valence-electron chi connectivity index (χ1n) is 7.45. The first kappa shape index (κ1) is 14.5. The molecule has 2 rings (SSSR count). The van der Waals surface area contributed by atoms with Crippen molar-refractivity contribution in [2.75, 3.05) is 0 Å². The third-order valence-corrected chi connectivity index (χ3v) is 4.61. The standard InChI is InChI=1S/C15H27N3O/c1-5-8-18-13(16-11-17-18)10-15(19)7-6-14(3,4)9-12(15)2/h11-12,19H,5-10H2,1-4H3. The van der Waals surface area contributed by atoms with E-state index in [2.05, 4.69) is 37.8 Å². The smallest absolute Gasteiger partial charge is 0.138 e. The van der Waals surface area contributed by atoms with Crippen molar-refractivity contribution in [1.29, 1.82) is 0 Å². The van der Waals surface area contributed by atoms with Gasteiger partial charge in [0.1, 0.15) is 12.2 Å². The number of hydrogen-bond acceptors (Lipinski definition) is 3. The first-order valence-corrected chi connectivity index (χ1v) is 7.45. The Kier molecular flexibility index (Phi) is 4.00. The Morgan fingerprint density at radius 1 is 1.42 bits per heavy atom. The van der Waals surface area contributed by atoms with Gasteiger partial charge in [-0.05, 0) is 37.0 Å². The molecule has 4 nitrogen and oxygen atoms in total. The summed E-state index contributed by atoms with van der Waals surface area (Å²) in [5.41, 5.74) is -0.267. The van der Waals surface area contributed by atoms with E-state index in [9.17, 15) is 5.11 Å². The van der Waals surface area contributed by atoms with Gasteiger partial charge in [0.2, 0.25) is 0 Å². The summed E-state index contributed by atoms with van der Waals surface area (Å²) in [6.07, 6.45) is 6.29. The Morgan fingerprint density at radius 3 is 2.79 bits per heavy atom. The number of hydrogen-bond donors (Lipinski definition) is 1. The normalized spacial score (nSPS) is 30.5. The fourth-order valence-electron chi connectivity index (χ4n) is 3.28. The molecule has 0 spiro atoms. The van der Waals surface area contributed by atoms with E-state index in [4.69, 9.17) is 0 Å². The van der Waals surface area contributed by atoms with E-state index in [1.165, 1.54) is 0 Å². The summed E-state index contributed by atoms with van der Waals surface area (Å²) in [6.45, 7) is 9.77. The van der Waals surface area contributed by atoms with Gasteiger partial charge in [-0.2, -0.15) is 5.10 Å². The van der Waals surface area contributed by atoms with Gasteiger partial charge in [0.25, 0.3) is 0 Å². The lowest BCUT2D eigenvalue weighted by Gasteiger charge is -2.45. The zero-order valence-electron chi connectivity index (χ0n) is 12.7. The van der Waals surface area contributed by atoms with Crippen LogP contribution < -0.4 is 0 Å². The monoisotopic (exact) mass is 265 g/mol. The van der Waals surface area contributed by atoms with Crippen molar-refractivity contribution in [2.24, 2.45) is 11.3 Å². The van der Waals surface area contributed by atoms with E-state index in [1.807, 2.05) is 4.68 Å². The molecular formula is C15H27N3O. The minimum Gasteiger partial charge on any atom is -0.389 e. The maximum atomic E-state index is 11.0. The van der Waals surface area contributed by atoms with Crippen molar-refractivity contribution < 1.29 is 5.11 Å². The van der Waals surface area contributed by atoms with Crippen LogP contribution in [-0.4, -0.2) is 25.5 Å². The second kappa shape index (κ2) is 5.23. The van der Waals surface area contributed by atoms with E-state index >= 15 is 0 Å². The Bertz CT molecular complexity index is 427. The molecule has 0 aromatic carbocycles. The van der Waals surface area contributed by atoms with Crippen LogP contribution in [0.25, 0.3) is 0 Å². The second-order valence-corrected chi connectivity index (χ2v) is 6.95. The molecule has 0 saturated heterocycles. The summed E-state index contributed by atoms with van der Waals surface area (Å²) >= 11 is 0. The molecular weight excluding hydrogens is 238 g/mol. The number of aryl methyl sites for hydroxylation is 1. The van der Waals surface area contributed by atoms with Crippen LogP contribution in [0, 0.1) is 11.3 Å². The van der Waals surface area contributed by atoms with Crippen molar-refractivity contribution in [1.82, 2.24) is 14.8 Å². The fourth-order valence-corrected chi connectivity index (χ4v) is 3.28. The van der Waals surface area contributed by atoms with E-state index < -0.39 is 5.60 Å². The number of aromatic nitrogens is 3. The quantitative estimate of drug-likeness (QED) is 0.910. The average molecular weight is 265 g/mol. The van der Waals surface area contributed by atoms with Gasteiger partial charge < -0.3 is 5.11 Å². The van der Waals surface area contributed by atoms with Crippen LogP contribution >= 0.6 is 0 Å². The molecule has 4 heteroatoms. The molecule has 2 unspecified atom stereocenters. The summed E-state index contributed by atoms with van der Waals surface area (Å²) in [7, 11) is 0. The minimum absolute atomic E-state index is 0.308. The fraction of sp³-hybridized carbons (Fsp3) is 0.867. The van der Waals surface area contributed by atoms with Gasteiger partial charge in [-0.3, -0.25) is 4.68 Å². The van der Waals surface area contributed by atoms with Crippen LogP contribution in [0.2, 0.25) is 0 Å². The SMILES string of the molecule is CCCn1ncnc1CC1(O)CCC(C)(C)CC1C. The van der Waals surface area contributed by atoms with E-state index in [0.29, 0.717) is 17.8 Å². The summed E-state index contributed by atoms with van der Waals surface area (Å²) in [5, 5.41) is 15.2. The van der Waals surface area contributed by atoms with Crippen LogP contribution in [0.1, 0.15) is 59.2 Å². The lowest BCUT2D eigenvalue weighted by atomic mass is 9.64. The maximum absolute atomic E-state index is 11.0. The van der Waals surface area contributed by atoms with Crippen LogP contribution in [-0.2, 0) is 13.0 Å². The van der Waals surface area contributed by atoms with Crippen LogP contribution in [0.3, 0.4) is 0 Å². The molecule has 1 aromatic rings. The molecule has 1 N–H and O–H groups in total. The lowest BCUT2D eigenvalue weighted by Crippen LogP contribution is -2.46. The second-order valence-electron chi connectivity index (χ2n) is 6.95. The topological polar surface area (TPSA) is 50.9 Å². The largest absolute Gasteiger partial charge is 0.389 e. The Hall–Kier alpha value is -0.900. The van der Waals surface area contributed by atoms with Gasteiger partial charge in [0.05, 0.1) is 5.60 Å². The zero-order valence-corrected chi connectivity index (χ0v) is 12.7. The highest BCUT2D eigenvalue weighted by molar-refractivity contribution is 5.01. The van der Waals surface area contributed by atoms with Gasteiger partial charge in [0.15, 0.2) is 0 Å². The van der Waals surface area contributed by atoms with Crippen molar-refractivity contribution in [3.63, 3.8) is 0 Å². The summed E-state index contributed by atoms with van der Waals surface area (Å²) in [6, 6.07) is 0. The number of nitrogens with zero attached hydrogens (tertiary/aromatic N) is 3. The molecule has 1 aromatic heterocycles. The first-order chi connectivity index (χ1) is 8.86. The van der Waals surface area contributed by atoms with Crippen molar-refractivity contribution in [3.8, 4) is 0 Å². The predicted octanol–water partition coefficient (Wildman–Crippen LogP) is 2.81. The Morgan fingerprint density at radius 2 is 2.16 bits per heavy atom. The van der Waals surface area contributed by atoms with E-state index in [0.717, 1.165) is 38.1 Å². The molecule has 1 heterocycles. The maximum Gasteiger partial charge on any atom is 0.138 e. The minimum atomic E-state index is -0.617. The molecule has 1 fully saturated rings. The molecule has 1 saturated carbocycles. The van der Waals surface area contributed by atoms with Gasteiger partial charge in [-0.25, -0.2) is 4.98 Å². The van der Waals surface area contributed by atoms with Crippen LogP contribution in [0.4, 0.5) is 0 Å². The molecule has 1 aliphatic carbocycles. The molecule has 19 heavy (non-hydrogen) atoms. The highest BCUT2D eigenvalue weighted by Crippen LogP contribution is 2.44. The zero-order chi connectivity index (χ0) is 14.1. The average Bonchev–Trinajstić information content (AvgIpc) is 2.73. The summed E-state index contributed by atoms with van der Waals surface area (Å²) in [5.74, 6) is 1.24. The Balaban J connectivity index is 2.11. The number of aliphatic hydroxyl groups is 1. The molecule has 1 aliphatic rings. The van der Waals surface area contributed by atoms with Gasteiger partial charge in [-0.1, -0.05) is 27.7 Å². The van der Waals surface area contributed by atoms with Gasteiger partial charge >= 0.3 is 0 Å². The molecule has 108 valence electrons. The van der Waals surface area contributed by atoms with E-state index in [-0.39, 0.29) is 0 Å². The third kappa shape index (κ3) is 3.16. The Labute approximate surface area is 116 Å². The molecule has 0 aliphatic heterocycles. The molecule has 0 radical (unpaired) electrons. The summed E-state index contributed by atoms with van der Waals surface area (Å²) in [4.78, 5) is 4.34. The van der Waals surface area contributed by atoms with Crippen molar-refractivity contribution in [2.45, 2.75) is 71.9 Å². The van der Waals surface area contributed by atoms with E-state index in [1.54, 1.807) is 6.33 Å². The van der Waals surface area contributed by atoms with Gasteiger partial charge in [-0.15, -0.1) is 0 Å². The molecule has 2 atom stereocenters. The van der Waals surface area contributed by atoms with Crippen LogP contribution in [0.5, 0.6) is 0 Å². The lowest BCUT2D eigenvalue weighted by molar-refractivity contribution is -0.0722. The highest BCUT2D eigenvalue weighted by Gasteiger charge is 2.43. The third-order valence-electron chi connectivity index (χ3n) is 4.61. The predicted molar refractivity (Wildman–Crippen MR) is 75.8 cm³/mol. The molecule has 0 bridgehead atoms. The summed E-state index contributed by atoms with van der Waals surface area (Å²) < 4.78 is 1.93. The number of rotatable bonds is 4. The molecule has 0 amide bonds. The van der Waals surface area contributed by atoms with Crippen molar-refractivity contribution >= 4 is 0 Å². The van der Waals surface area contributed by atoms with Crippen LogP contribution in [0.15, 0.2) is 6.33 Å².